The Hall–Kier alpha value is -3.38. The van der Waals surface area contributed by atoms with Crippen LogP contribution in [0.2, 0.25) is 5.28 Å². The van der Waals surface area contributed by atoms with Crippen molar-refractivity contribution in [3.63, 3.8) is 0 Å². The largest absolute Gasteiger partial charge is 0.394 e. The molecule has 0 spiro atoms. The van der Waals surface area contributed by atoms with E-state index in [1.54, 1.807) is 0 Å². The highest BCUT2D eigenvalue weighted by Crippen LogP contribution is 2.33. The van der Waals surface area contributed by atoms with E-state index in [0.29, 0.717) is 5.52 Å². The summed E-state index contributed by atoms with van der Waals surface area (Å²) in [5, 5.41) is 57.4. The van der Waals surface area contributed by atoms with E-state index in [1.165, 1.54) is 28.7 Å². The van der Waals surface area contributed by atoms with Crippen LogP contribution < -0.4 is 11.5 Å². The molecule has 2 aliphatic heterocycles. The summed E-state index contributed by atoms with van der Waals surface area (Å²) in [6.07, 6.45) is -6.44. The minimum Gasteiger partial charge on any atom is -0.394 e. The van der Waals surface area contributed by atoms with Gasteiger partial charge in [-0.2, -0.15) is 19.9 Å². The fourth-order valence-electron chi connectivity index (χ4n) is 4.69. The van der Waals surface area contributed by atoms with Gasteiger partial charge >= 0.3 is 0 Å². The molecular weight excluding hydrogens is 632 g/mol. The van der Waals surface area contributed by atoms with Crippen molar-refractivity contribution in [2.75, 3.05) is 30.4 Å². The Balaban J connectivity index is 0.000000177. The summed E-state index contributed by atoms with van der Waals surface area (Å²) >= 11 is 5.74. The quantitative estimate of drug-likeness (QED) is 0.0929. The first-order valence-corrected chi connectivity index (χ1v) is 15.0. The molecule has 6 rings (SSSR count). The third-order valence-electron chi connectivity index (χ3n) is 7.09. The molecule has 0 aliphatic carbocycles. The van der Waals surface area contributed by atoms with Crippen molar-refractivity contribution < 1.29 is 48.5 Å². The van der Waals surface area contributed by atoms with Crippen molar-refractivity contribution in [2.45, 2.75) is 61.2 Å². The first kappa shape index (κ1) is 32.0. The molecule has 240 valence electrons. The number of nitrogen functional groups attached to an aromatic ring is 2. The molecule has 4 aromatic rings. The van der Waals surface area contributed by atoms with E-state index in [-0.39, 0.29) is 39.5 Å². The number of aromatic nitrogens is 8. The zero-order valence-corrected chi connectivity index (χ0v) is 24.3. The third kappa shape index (κ3) is 5.51. The van der Waals surface area contributed by atoms with Crippen LogP contribution in [0.1, 0.15) is 19.4 Å². The number of rotatable bonds is 6. The summed E-state index contributed by atoms with van der Waals surface area (Å²) in [5.74, 6) is -0.233. The van der Waals surface area contributed by atoms with Crippen LogP contribution in [0, 0.1) is 0 Å². The number of hydrogen-bond acceptors (Lipinski definition) is 18. The molecule has 2 fully saturated rings. The van der Waals surface area contributed by atoms with Crippen LogP contribution in [0.25, 0.3) is 22.3 Å². The predicted octanol–water partition coefficient (Wildman–Crippen LogP) is -3.51. The summed E-state index contributed by atoms with van der Waals surface area (Å²) in [6, 6.07) is 0. The Labute approximate surface area is 252 Å². The van der Waals surface area contributed by atoms with Gasteiger partial charge in [-0.05, 0) is 11.6 Å². The number of imidazole rings is 2. The maximum absolute atomic E-state index is 12.0. The van der Waals surface area contributed by atoms with E-state index in [0.717, 1.165) is 0 Å². The molecule has 10 N–H and O–H groups in total. The number of anilines is 2. The molecule has 0 bridgehead atoms. The second kappa shape index (κ2) is 12.2. The number of nitrogens with zero attached hydrogens (tertiary/aromatic N) is 8. The smallest absolute Gasteiger partial charge is 0.251 e. The number of sulfone groups is 1. The van der Waals surface area contributed by atoms with Crippen LogP contribution in [-0.4, -0.2) is 134 Å². The second-order valence-corrected chi connectivity index (χ2v) is 12.3. The van der Waals surface area contributed by atoms with Crippen molar-refractivity contribution in [3.05, 3.63) is 17.9 Å². The van der Waals surface area contributed by atoms with E-state index in [2.05, 4.69) is 29.9 Å². The minimum absolute atomic E-state index is 0.0457. The molecule has 2 saturated heterocycles. The monoisotopic (exact) mass is 660 g/mol. The zero-order valence-electron chi connectivity index (χ0n) is 22.7. The van der Waals surface area contributed by atoms with Gasteiger partial charge in [-0.1, -0.05) is 6.92 Å². The van der Waals surface area contributed by atoms with Crippen molar-refractivity contribution in [3.8, 4) is 0 Å². The molecular formula is C22H29ClN10O10S. The van der Waals surface area contributed by atoms with Crippen molar-refractivity contribution in [1.82, 2.24) is 39.0 Å². The summed E-state index contributed by atoms with van der Waals surface area (Å²) in [5.41, 5.74) is 12.2. The van der Waals surface area contributed by atoms with Gasteiger partial charge in [0.05, 0.1) is 31.6 Å². The molecule has 6 heterocycles. The number of aliphatic hydroxyl groups excluding tert-OH is 6. The SMILES string of the molecule is CCS(=O)(=O)c1nc(N)c2ncn([C@@H]3O[C@H](CO)C(O)[C@@H]3O)c2n1.Nc1nc(Cl)nc2c1ncn2[C@@H]1O[C@H](CO)C(O)[C@@H]1O. The predicted molar refractivity (Wildman–Crippen MR) is 148 cm³/mol. The van der Waals surface area contributed by atoms with Gasteiger partial charge < -0.3 is 51.6 Å². The fourth-order valence-corrected chi connectivity index (χ4v) is 5.58. The normalized spacial score (nSPS) is 28.9. The van der Waals surface area contributed by atoms with E-state index in [9.17, 15) is 28.8 Å². The van der Waals surface area contributed by atoms with Crippen molar-refractivity contribution >= 4 is 55.4 Å². The van der Waals surface area contributed by atoms with Gasteiger partial charge in [0.1, 0.15) is 47.7 Å². The molecule has 0 aromatic carbocycles. The average molecular weight is 661 g/mol. The lowest BCUT2D eigenvalue weighted by atomic mass is 10.1. The maximum atomic E-state index is 12.0. The molecule has 2 aliphatic rings. The third-order valence-corrected chi connectivity index (χ3v) is 8.76. The lowest BCUT2D eigenvalue weighted by molar-refractivity contribution is -0.0511. The number of ether oxygens (including phenoxy) is 2. The topological polar surface area (TPSA) is 313 Å². The molecule has 2 unspecified atom stereocenters. The van der Waals surface area contributed by atoms with Gasteiger partial charge in [0.2, 0.25) is 15.1 Å². The molecule has 8 atom stereocenters. The molecule has 0 amide bonds. The van der Waals surface area contributed by atoms with Crippen molar-refractivity contribution in [2.24, 2.45) is 0 Å². The Kier molecular flexibility index (Phi) is 8.87. The average Bonchev–Trinajstić information content (AvgIpc) is 3.74. The minimum atomic E-state index is -3.71. The number of halogens is 1. The van der Waals surface area contributed by atoms with Crippen molar-refractivity contribution in [1.29, 1.82) is 0 Å². The van der Waals surface area contributed by atoms with E-state index in [4.69, 9.17) is 42.8 Å². The first-order valence-electron chi connectivity index (χ1n) is 13.0. The van der Waals surface area contributed by atoms with Crippen LogP contribution >= 0.6 is 11.6 Å². The Bertz CT molecular complexity index is 1770. The van der Waals surface area contributed by atoms with Gasteiger partial charge in [-0.3, -0.25) is 9.13 Å². The number of fused-ring (bicyclic) bond motifs is 2. The zero-order chi connectivity index (χ0) is 32.1. The first-order chi connectivity index (χ1) is 20.8. The van der Waals surface area contributed by atoms with E-state index >= 15 is 0 Å². The van der Waals surface area contributed by atoms with Gasteiger partial charge in [-0.25, -0.2) is 18.4 Å². The fraction of sp³-hybridized carbons (Fsp3) is 0.545. The van der Waals surface area contributed by atoms with Crippen LogP contribution in [0.4, 0.5) is 11.6 Å². The Morgan fingerprint density at radius 2 is 1.25 bits per heavy atom. The molecule has 0 saturated carbocycles. The maximum Gasteiger partial charge on any atom is 0.251 e. The molecule has 4 aromatic heterocycles. The summed E-state index contributed by atoms with van der Waals surface area (Å²) < 4.78 is 37.4. The Morgan fingerprint density at radius 1 is 0.795 bits per heavy atom. The van der Waals surface area contributed by atoms with Gasteiger partial charge in [0, 0.05) is 0 Å². The summed E-state index contributed by atoms with van der Waals surface area (Å²) in [6.45, 7) is 0.537. The van der Waals surface area contributed by atoms with Gasteiger partial charge in [0.25, 0.3) is 5.16 Å². The molecule has 0 radical (unpaired) electrons. The lowest BCUT2D eigenvalue weighted by Crippen LogP contribution is -2.33. The highest BCUT2D eigenvalue weighted by molar-refractivity contribution is 7.91. The van der Waals surface area contributed by atoms with E-state index < -0.39 is 77.3 Å². The second-order valence-electron chi connectivity index (χ2n) is 9.78. The molecule has 20 nitrogen and oxygen atoms in total. The van der Waals surface area contributed by atoms with Crippen LogP contribution in [0.5, 0.6) is 0 Å². The number of nitrogens with two attached hydrogens (primary N) is 2. The van der Waals surface area contributed by atoms with E-state index in [1.807, 2.05) is 0 Å². The highest BCUT2D eigenvalue weighted by atomic mass is 35.5. The number of aliphatic hydroxyl groups is 6. The van der Waals surface area contributed by atoms with Crippen LogP contribution in [0.3, 0.4) is 0 Å². The standard InChI is InChI=1S/C12H17N5O6S.C10H12ClN5O4/c1-2-24(21,22)12-15-9(13)6-10(16-12)17(4-14-6)11-8(20)7(19)5(3-18)23-11;11-10-14-7(12)4-8(15-10)16(2-13-4)9-6(19)5(18)3(1-17)20-9/h4-5,7-8,11,18-20H,2-3H2,1H3,(H2,13,15,16);2-3,5-6,9,17-19H,1H2,(H2,12,14,15)/t5-,7?,8+,11-;3-,5?,6+,9-/m11/s1. The summed E-state index contributed by atoms with van der Waals surface area (Å²) in [7, 11) is -3.71. The Morgan fingerprint density at radius 3 is 1.68 bits per heavy atom. The van der Waals surface area contributed by atoms with Crippen LogP contribution in [-0.2, 0) is 19.3 Å². The lowest BCUT2D eigenvalue weighted by Gasteiger charge is -2.16. The van der Waals surface area contributed by atoms with Gasteiger partial charge in [0.15, 0.2) is 35.4 Å². The highest BCUT2D eigenvalue weighted by Gasteiger charge is 2.45. The number of hydrogen-bond donors (Lipinski definition) is 8. The van der Waals surface area contributed by atoms with Gasteiger partial charge in [-0.15, -0.1) is 0 Å². The van der Waals surface area contributed by atoms with Crippen LogP contribution in [0.15, 0.2) is 17.8 Å². The summed E-state index contributed by atoms with van der Waals surface area (Å²) in [4.78, 5) is 23.5. The molecule has 44 heavy (non-hydrogen) atoms. The molecule has 22 heteroatoms.